The molecule has 0 aromatic heterocycles. The van der Waals surface area contributed by atoms with E-state index in [-0.39, 0.29) is 17.7 Å². The standard InChI is InChI=1S/C28H31NO6/c1-29(2)18-23(35-28(32)25-10-6-5-9-24(25)27(30)31)19-34-26-11-7-4-8-21(26)15-12-20-13-16-22(33-3)17-14-20/h4-11,13-14,16-17,23H,12,15,18-19H2,1-3H3,(H,30,31)/t23-/m0/s1. The largest absolute Gasteiger partial charge is 0.497 e. The van der Waals surface area contributed by atoms with Gasteiger partial charge in [-0.15, -0.1) is 0 Å². The number of para-hydroxylation sites is 1. The summed E-state index contributed by atoms with van der Waals surface area (Å²) >= 11 is 0. The van der Waals surface area contributed by atoms with Gasteiger partial charge in [0.2, 0.25) is 0 Å². The molecule has 0 heterocycles. The number of benzene rings is 3. The minimum atomic E-state index is -1.18. The first-order valence-corrected chi connectivity index (χ1v) is 11.4. The zero-order valence-corrected chi connectivity index (χ0v) is 20.3. The highest BCUT2D eigenvalue weighted by molar-refractivity contribution is 6.02. The van der Waals surface area contributed by atoms with E-state index in [2.05, 4.69) is 0 Å². The molecule has 0 saturated carbocycles. The Morgan fingerprint density at radius 1 is 0.886 bits per heavy atom. The molecule has 184 valence electrons. The van der Waals surface area contributed by atoms with Crippen LogP contribution in [0.3, 0.4) is 0 Å². The van der Waals surface area contributed by atoms with Crippen LogP contribution >= 0.6 is 0 Å². The van der Waals surface area contributed by atoms with Gasteiger partial charge in [-0.2, -0.15) is 0 Å². The molecule has 3 aromatic rings. The highest BCUT2D eigenvalue weighted by atomic mass is 16.6. The molecule has 0 aliphatic heterocycles. The van der Waals surface area contributed by atoms with Crippen LogP contribution in [0.4, 0.5) is 0 Å². The molecule has 3 rings (SSSR count). The molecule has 7 nitrogen and oxygen atoms in total. The summed E-state index contributed by atoms with van der Waals surface area (Å²) in [6.07, 6.45) is 1.04. The number of methoxy groups -OCH3 is 1. The van der Waals surface area contributed by atoms with E-state index in [4.69, 9.17) is 14.2 Å². The van der Waals surface area contributed by atoms with Gasteiger partial charge in [-0.25, -0.2) is 9.59 Å². The number of rotatable bonds is 12. The summed E-state index contributed by atoms with van der Waals surface area (Å²) in [5, 5.41) is 9.39. The maximum Gasteiger partial charge on any atom is 0.339 e. The highest BCUT2D eigenvalue weighted by Gasteiger charge is 2.22. The Labute approximate surface area is 205 Å². The zero-order valence-electron chi connectivity index (χ0n) is 20.3. The molecular formula is C28H31NO6. The fraction of sp³-hybridized carbons (Fsp3) is 0.286. The molecular weight excluding hydrogens is 446 g/mol. The van der Waals surface area contributed by atoms with Crippen molar-refractivity contribution in [3.63, 3.8) is 0 Å². The first-order valence-electron chi connectivity index (χ1n) is 11.4. The summed E-state index contributed by atoms with van der Waals surface area (Å²) in [5.74, 6) is -0.313. The second-order valence-electron chi connectivity index (χ2n) is 8.41. The number of likely N-dealkylation sites (N-methyl/N-ethyl adjacent to an activating group) is 1. The molecule has 1 N–H and O–H groups in total. The summed E-state index contributed by atoms with van der Waals surface area (Å²) in [7, 11) is 5.39. The molecule has 0 spiro atoms. The summed E-state index contributed by atoms with van der Waals surface area (Å²) < 4.78 is 17.0. The van der Waals surface area contributed by atoms with Crippen LogP contribution < -0.4 is 9.47 Å². The fourth-order valence-corrected chi connectivity index (χ4v) is 3.70. The second-order valence-corrected chi connectivity index (χ2v) is 8.41. The maximum atomic E-state index is 12.8. The van der Waals surface area contributed by atoms with E-state index in [1.807, 2.05) is 67.5 Å². The molecule has 0 aliphatic rings. The Balaban J connectivity index is 1.67. The normalized spacial score (nSPS) is 11.7. The van der Waals surface area contributed by atoms with Crippen LogP contribution in [0.15, 0.2) is 72.8 Å². The predicted molar refractivity (Wildman–Crippen MR) is 133 cm³/mol. The number of carboxylic acid groups (broad SMARTS) is 1. The lowest BCUT2D eigenvalue weighted by Crippen LogP contribution is -2.35. The van der Waals surface area contributed by atoms with E-state index in [1.54, 1.807) is 19.2 Å². The SMILES string of the molecule is COc1ccc(CCc2ccccc2OC[C@H](CN(C)C)OC(=O)c2ccccc2C(=O)O)cc1. The third-order valence-corrected chi connectivity index (χ3v) is 5.46. The van der Waals surface area contributed by atoms with Gasteiger partial charge in [-0.1, -0.05) is 42.5 Å². The summed E-state index contributed by atoms with van der Waals surface area (Å²) in [6.45, 7) is 0.563. The third kappa shape index (κ3) is 7.58. The predicted octanol–water partition coefficient (Wildman–Crippen LogP) is 4.34. The number of aromatic carboxylic acids is 1. The van der Waals surface area contributed by atoms with Crippen molar-refractivity contribution in [2.45, 2.75) is 18.9 Å². The Morgan fingerprint density at radius 2 is 1.54 bits per heavy atom. The van der Waals surface area contributed by atoms with Gasteiger partial charge in [0.25, 0.3) is 0 Å². The minimum absolute atomic E-state index is 0.0173. The molecule has 35 heavy (non-hydrogen) atoms. The van der Waals surface area contributed by atoms with E-state index >= 15 is 0 Å². The topological polar surface area (TPSA) is 85.3 Å². The summed E-state index contributed by atoms with van der Waals surface area (Å²) in [4.78, 5) is 26.2. The van der Waals surface area contributed by atoms with Crippen molar-refractivity contribution < 1.29 is 28.9 Å². The van der Waals surface area contributed by atoms with Gasteiger partial charge in [-0.05, 0) is 68.4 Å². The van der Waals surface area contributed by atoms with Crippen LogP contribution in [0.2, 0.25) is 0 Å². The first-order chi connectivity index (χ1) is 16.9. The van der Waals surface area contributed by atoms with Crippen LogP contribution in [0.25, 0.3) is 0 Å². The molecule has 7 heteroatoms. The Morgan fingerprint density at radius 3 is 2.20 bits per heavy atom. The Bertz CT molecular complexity index is 1130. The van der Waals surface area contributed by atoms with Gasteiger partial charge < -0.3 is 24.2 Å². The van der Waals surface area contributed by atoms with Gasteiger partial charge in [0.1, 0.15) is 24.2 Å². The van der Waals surface area contributed by atoms with Crippen molar-refractivity contribution in [2.75, 3.05) is 34.4 Å². The molecule has 0 fully saturated rings. The quantitative estimate of drug-likeness (QED) is 0.388. The van der Waals surface area contributed by atoms with E-state index in [9.17, 15) is 14.7 Å². The van der Waals surface area contributed by atoms with E-state index in [0.717, 1.165) is 29.9 Å². The van der Waals surface area contributed by atoms with Gasteiger partial charge in [-0.3, -0.25) is 0 Å². The van der Waals surface area contributed by atoms with Crippen molar-refractivity contribution >= 4 is 11.9 Å². The first kappa shape index (κ1) is 25.8. The molecule has 0 bridgehead atoms. The highest BCUT2D eigenvalue weighted by Crippen LogP contribution is 2.22. The van der Waals surface area contributed by atoms with Crippen LogP contribution in [-0.2, 0) is 17.6 Å². The van der Waals surface area contributed by atoms with Gasteiger partial charge >= 0.3 is 11.9 Å². The average molecular weight is 478 g/mol. The van der Waals surface area contributed by atoms with E-state index < -0.39 is 18.0 Å². The van der Waals surface area contributed by atoms with Crippen LogP contribution in [0, 0.1) is 0 Å². The summed E-state index contributed by atoms with van der Waals surface area (Å²) in [5.41, 5.74) is 2.17. The third-order valence-electron chi connectivity index (χ3n) is 5.46. The lowest BCUT2D eigenvalue weighted by Gasteiger charge is -2.23. The number of carbonyl (C=O) groups is 2. The molecule has 0 radical (unpaired) electrons. The van der Waals surface area contributed by atoms with Crippen LogP contribution in [0.1, 0.15) is 31.8 Å². The van der Waals surface area contributed by atoms with Gasteiger partial charge in [0.15, 0.2) is 0 Å². The molecule has 0 saturated heterocycles. The number of esters is 1. The Kier molecular flexibility index (Phi) is 9.26. The molecule has 1 atom stereocenters. The van der Waals surface area contributed by atoms with Crippen molar-refractivity contribution in [1.82, 2.24) is 4.90 Å². The smallest absolute Gasteiger partial charge is 0.339 e. The van der Waals surface area contributed by atoms with Gasteiger partial charge in [0.05, 0.1) is 18.2 Å². The molecule has 0 amide bonds. The second kappa shape index (κ2) is 12.6. The van der Waals surface area contributed by atoms with Crippen molar-refractivity contribution in [3.05, 3.63) is 95.1 Å². The average Bonchev–Trinajstić information content (AvgIpc) is 2.86. The molecule has 3 aromatic carbocycles. The monoisotopic (exact) mass is 477 g/mol. The minimum Gasteiger partial charge on any atom is -0.497 e. The van der Waals surface area contributed by atoms with Gasteiger partial charge in [0, 0.05) is 6.54 Å². The lowest BCUT2D eigenvalue weighted by atomic mass is 10.0. The van der Waals surface area contributed by atoms with Crippen LogP contribution in [0.5, 0.6) is 11.5 Å². The fourth-order valence-electron chi connectivity index (χ4n) is 3.70. The van der Waals surface area contributed by atoms with Crippen molar-refractivity contribution in [2.24, 2.45) is 0 Å². The van der Waals surface area contributed by atoms with E-state index in [1.165, 1.54) is 17.7 Å². The molecule has 0 unspecified atom stereocenters. The van der Waals surface area contributed by atoms with Crippen molar-refractivity contribution in [1.29, 1.82) is 0 Å². The van der Waals surface area contributed by atoms with Crippen molar-refractivity contribution in [3.8, 4) is 11.5 Å². The number of hydrogen-bond donors (Lipinski definition) is 1. The number of carbonyl (C=O) groups excluding carboxylic acids is 1. The number of nitrogens with zero attached hydrogens (tertiary/aromatic N) is 1. The summed E-state index contributed by atoms with van der Waals surface area (Å²) in [6, 6.07) is 21.8. The maximum absolute atomic E-state index is 12.8. The number of aryl methyl sites for hydroxylation is 2. The number of hydrogen-bond acceptors (Lipinski definition) is 6. The number of carboxylic acids is 1. The number of ether oxygens (including phenoxy) is 3. The zero-order chi connectivity index (χ0) is 25.2. The Hall–Kier alpha value is -3.84. The molecule has 0 aliphatic carbocycles. The lowest BCUT2D eigenvalue weighted by molar-refractivity contribution is 0.00996. The van der Waals surface area contributed by atoms with Crippen LogP contribution in [-0.4, -0.2) is 62.4 Å². The van der Waals surface area contributed by atoms with E-state index in [0.29, 0.717) is 6.54 Å².